The molecule has 29 heavy (non-hydrogen) atoms. The van der Waals surface area contributed by atoms with Crippen molar-refractivity contribution in [1.29, 1.82) is 5.26 Å². The third-order valence-corrected chi connectivity index (χ3v) is 5.43. The van der Waals surface area contributed by atoms with Crippen molar-refractivity contribution < 1.29 is 22.8 Å². The van der Waals surface area contributed by atoms with Gasteiger partial charge in [0, 0.05) is 31.2 Å². The molecular formula is C19H17F3N4O2S. The maximum Gasteiger partial charge on any atom is 0.417 e. The van der Waals surface area contributed by atoms with E-state index in [-0.39, 0.29) is 31.2 Å². The van der Waals surface area contributed by atoms with Crippen LogP contribution < -0.4 is 10.2 Å². The number of carbonyl (C=O) groups is 2. The quantitative estimate of drug-likeness (QED) is 0.825. The zero-order valence-corrected chi connectivity index (χ0v) is 16.2. The van der Waals surface area contributed by atoms with Gasteiger partial charge in [-0.1, -0.05) is 0 Å². The molecule has 1 unspecified atom stereocenters. The SMILES string of the molecule is CNC(=O)C1CN(C(=O)c2ccsc2)CCN1c1ccc(C#N)c(C(F)(F)F)c1. The second kappa shape index (κ2) is 8.13. The van der Waals surface area contributed by atoms with Gasteiger partial charge in [0.2, 0.25) is 5.91 Å². The predicted octanol–water partition coefficient (Wildman–Crippen LogP) is 2.72. The molecule has 1 aliphatic heterocycles. The molecule has 1 aromatic heterocycles. The minimum Gasteiger partial charge on any atom is -0.357 e. The Labute approximate surface area is 169 Å². The molecule has 2 heterocycles. The van der Waals surface area contributed by atoms with E-state index < -0.39 is 29.3 Å². The third-order valence-electron chi connectivity index (χ3n) is 4.75. The van der Waals surface area contributed by atoms with E-state index in [9.17, 15) is 22.8 Å². The molecule has 2 aromatic rings. The van der Waals surface area contributed by atoms with Crippen LogP contribution in [0, 0.1) is 11.3 Å². The van der Waals surface area contributed by atoms with Crippen LogP contribution in [0.1, 0.15) is 21.5 Å². The number of rotatable bonds is 3. The lowest BCUT2D eigenvalue weighted by atomic mass is 10.0. The zero-order chi connectivity index (χ0) is 21.2. The van der Waals surface area contributed by atoms with Crippen molar-refractivity contribution in [2.24, 2.45) is 0 Å². The first-order valence-corrected chi connectivity index (χ1v) is 9.61. The highest BCUT2D eigenvalue weighted by Crippen LogP contribution is 2.35. The summed E-state index contributed by atoms with van der Waals surface area (Å²) in [6, 6.07) is 5.74. The number of benzene rings is 1. The molecule has 0 saturated carbocycles. The number of likely N-dealkylation sites (N-methyl/N-ethyl adjacent to an activating group) is 1. The minimum absolute atomic E-state index is 0.0374. The van der Waals surface area contributed by atoms with Gasteiger partial charge in [0.25, 0.3) is 5.91 Å². The number of nitriles is 1. The molecule has 0 aliphatic carbocycles. The number of hydrogen-bond donors (Lipinski definition) is 1. The van der Waals surface area contributed by atoms with E-state index >= 15 is 0 Å². The van der Waals surface area contributed by atoms with Crippen molar-refractivity contribution in [2.75, 3.05) is 31.6 Å². The molecule has 0 bridgehead atoms. The van der Waals surface area contributed by atoms with Crippen LogP contribution in [-0.2, 0) is 11.0 Å². The van der Waals surface area contributed by atoms with Crippen molar-refractivity contribution in [3.8, 4) is 6.07 Å². The van der Waals surface area contributed by atoms with E-state index in [1.165, 1.54) is 34.3 Å². The topological polar surface area (TPSA) is 76.4 Å². The van der Waals surface area contributed by atoms with Crippen LogP contribution in [0.2, 0.25) is 0 Å². The molecule has 1 aliphatic rings. The Balaban J connectivity index is 1.92. The van der Waals surface area contributed by atoms with Crippen LogP contribution in [0.25, 0.3) is 0 Å². The van der Waals surface area contributed by atoms with E-state index in [4.69, 9.17) is 5.26 Å². The molecule has 0 radical (unpaired) electrons. The smallest absolute Gasteiger partial charge is 0.357 e. The van der Waals surface area contributed by atoms with Gasteiger partial charge in [-0.3, -0.25) is 9.59 Å². The average molecular weight is 422 g/mol. The number of piperazine rings is 1. The molecular weight excluding hydrogens is 405 g/mol. The molecule has 1 aromatic carbocycles. The number of alkyl halides is 3. The molecule has 3 rings (SSSR count). The molecule has 2 amide bonds. The molecule has 1 N–H and O–H groups in total. The van der Waals surface area contributed by atoms with Crippen molar-refractivity contribution in [3.63, 3.8) is 0 Å². The standard InChI is InChI=1S/C19H17F3N4O2S/c1-24-17(27)16-10-25(18(28)13-4-7-29-11-13)5-6-26(16)14-3-2-12(9-23)15(8-14)19(20,21)22/h2-4,7-8,11,16H,5-6,10H2,1H3,(H,24,27). The van der Waals surface area contributed by atoms with Crippen LogP contribution in [0.15, 0.2) is 35.0 Å². The Morgan fingerprint density at radius 1 is 1.28 bits per heavy atom. The van der Waals surface area contributed by atoms with Gasteiger partial charge in [0.1, 0.15) is 6.04 Å². The second-order valence-corrected chi connectivity index (χ2v) is 7.21. The lowest BCUT2D eigenvalue weighted by molar-refractivity contribution is -0.137. The van der Waals surface area contributed by atoms with Gasteiger partial charge in [-0.05, 0) is 29.6 Å². The lowest BCUT2D eigenvalue weighted by Gasteiger charge is -2.41. The maximum absolute atomic E-state index is 13.3. The Bertz CT molecular complexity index is 953. The molecule has 0 spiro atoms. The summed E-state index contributed by atoms with van der Waals surface area (Å²) < 4.78 is 40.0. The summed E-state index contributed by atoms with van der Waals surface area (Å²) >= 11 is 1.38. The van der Waals surface area contributed by atoms with E-state index in [0.29, 0.717) is 5.56 Å². The Kier molecular flexibility index (Phi) is 5.79. The zero-order valence-electron chi connectivity index (χ0n) is 15.4. The first kappa shape index (κ1) is 20.7. The summed E-state index contributed by atoms with van der Waals surface area (Å²) in [7, 11) is 1.43. The summed E-state index contributed by atoms with van der Waals surface area (Å²) in [6.45, 7) is 0.469. The Morgan fingerprint density at radius 2 is 2.03 bits per heavy atom. The number of hydrogen-bond acceptors (Lipinski definition) is 5. The number of amides is 2. The average Bonchev–Trinajstić information content (AvgIpc) is 3.26. The van der Waals surface area contributed by atoms with Gasteiger partial charge in [-0.25, -0.2) is 0 Å². The molecule has 1 atom stereocenters. The second-order valence-electron chi connectivity index (χ2n) is 6.43. The van der Waals surface area contributed by atoms with Crippen LogP contribution in [0.3, 0.4) is 0 Å². The number of nitrogens with one attached hydrogen (secondary N) is 1. The fourth-order valence-corrected chi connectivity index (χ4v) is 3.91. The Morgan fingerprint density at radius 3 is 2.62 bits per heavy atom. The first-order valence-electron chi connectivity index (χ1n) is 8.67. The van der Waals surface area contributed by atoms with Crippen molar-refractivity contribution >= 4 is 28.8 Å². The van der Waals surface area contributed by atoms with Gasteiger partial charge in [-0.2, -0.15) is 29.8 Å². The Hall–Kier alpha value is -3.06. The first-order chi connectivity index (χ1) is 13.8. The summed E-state index contributed by atoms with van der Waals surface area (Å²) in [4.78, 5) is 28.1. The summed E-state index contributed by atoms with van der Waals surface area (Å²) in [5.74, 6) is -0.638. The number of thiophene rings is 1. The van der Waals surface area contributed by atoms with Crippen LogP contribution in [0.5, 0.6) is 0 Å². The fourth-order valence-electron chi connectivity index (χ4n) is 3.28. The normalized spacial score (nSPS) is 17.0. The van der Waals surface area contributed by atoms with Crippen molar-refractivity contribution in [2.45, 2.75) is 12.2 Å². The van der Waals surface area contributed by atoms with Gasteiger partial charge in [0.05, 0.1) is 29.3 Å². The molecule has 1 saturated heterocycles. The number of anilines is 1. The third kappa shape index (κ3) is 4.19. The molecule has 152 valence electrons. The maximum atomic E-state index is 13.3. The fraction of sp³-hybridized carbons (Fsp3) is 0.316. The van der Waals surface area contributed by atoms with Crippen molar-refractivity contribution in [3.05, 3.63) is 51.7 Å². The van der Waals surface area contributed by atoms with Crippen LogP contribution >= 0.6 is 11.3 Å². The summed E-state index contributed by atoms with van der Waals surface area (Å²) in [6.07, 6.45) is -4.69. The monoisotopic (exact) mass is 422 g/mol. The van der Waals surface area contributed by atoms with Gasteiger partial charge < -0.3 is 15.1 Å². The van der Waals surface area contributed by atoms with Crippen LogP contribution in [0.4, 0.5) is 18.9 Å². The van der Waals surface area contributed by atoms with Gasteiger partial charge >= 0.3 is 6.18 Å². The highest BCUT2D eigenvalue weighted by Gasteiger charge is 2.37. The summed E-state index contributed by atoms with van der Waals surface area (Å²) in [5, 5.41) is 15.0. The lowest BCUT2D eigenvalue weighted by Crippen LogP contribution is -2.60. The molecule has 10 heteroatoms. The van der Waals surface area contributed by atoms with Crippen molar-refractivity contribution in [1.82, 2.24) is 10.2 Å². The van der Waals surface area contributed by atoms with E-state index in [1.807, 2.05) is 0 Å². The minimum atomic E-state index is -4.69. The van der Waals surface area contributed by atoms with E-state index in [0.717, 1.165) is 12.1 Å². The van der Waals surface area contributed by atoms with Gasteiger partial charge in [0.15, 0.2) is 0 Å². The van der Waals surface area contributed by atoms with Crippen LogP contribution in [-0.4, -0.2) is 49.4 Å². The van der Waals surface area contributed by atoms with E-state index in [1.54, 1.807) is 22.9 Å². The highest BCUT2D eigenvalue weighted by molar-refractivity contribution is 7.08. The largest absolute Gasteiger partial charge is 0.417 e. The number of carbonyl (C=O) groups excluding carboxylic acids is 2. The molecule has 6 nitrogen and oxygen atoms in total. The summed E-state index contributed by atoms with van der Waals surface area (Å²) in [5.41, 5.74) is -0.849. The highest BCUT2D eigenvalue weighted by atomic mass is 32.1. The van der Waals surface area contributed by atoms with E-state index in [2.05, 4.69) is 5.32 Å². The number of halogens is 3. The molecule has 1 fully saturated rings. The van der Waals surface area contributed by atoms with Gasteiger partial charge in [-0.15, -0.1) is 0 Å². The predicted molar refractivity (Wildman–Crippen MR) is 102 cm³/mol. The number of nitrogens with zero attached hydrogens (tertiary/aromatic N) is 3.